The van der Waals surface area contributed by atoms with Crippen LogP contribution in [0.2, 0.25) is 0 Å². The summed E-state index contributed by atoms with van der Waals surface area (Å²) in [5.74, 6) is 1.20. The first-order chi connectivity index (χ1) is 14.7. The summed E-state index contributed by atoms with van der Waals surface area (Å²) in [4.78, 5) is 27.5. The van der Waals surface area contributed by atoms with Crippen LogP contribution in [0.3, 0.4) is 0 Å². The number of benzene rings is 1. The molecule has 4 rings (SSSR count). The highest BCUT2D eigenvalue weighted by Gasteiger charge is 2.18. The molecule has 0 saturated heterocycles. The fraction of sp³-hybridized carbons (Fsp3) is 0.381. The number of carbonyl (C=O) groups excluding carboxylic acids is 1. The van der Waals surface area contributed by atoms with Crippen molar-refractivity contribution >= 4 is 17.9 Å². The summed E-state index contributed by atoms with van der Waals surface area (Å²) in [6, 6.07) is 10.4. The van der Waals surface area contributed by atoms with Crippen LogP contribution in [-0.2, 0) is 22.4 Å². The molecule has 9 nitrogen and oxygen atoms in total. The van der Waals surface area contributed by atoms with Gasteiger partial charge in [0, 0.05) is 32.0 Å². The number of fused-ring (bicyclic) bond motifs is 1. The van der Waals surface area contributed by atoms with Gasteiger partial charge in [0.2, 0.25) is 11.9 Å². The third-order valence-electron chi connectivity index (χ3n) is 4.94. The molecule has 9 heteroatoms. The number of rotatable bonds is 7. The van der Waals surface area contributed by atoms with Gasteiger partial charge in [0.15, 0.2) is 0 Å². The molecule has 1 aromatic carbocycles. The molecule has 3 aromatic rings. The van der Waals surface area contributed by atoms with E-state index in [1.165, 1.54) is 11.1 Å². The predicted molar refractivity (Wildman–Crippen MR) is 113 cm³/mol. The van der Waals surface area contributed by atoms with Gasteiger partial charge in [-0.2, -0.15) is 20.1 Å². The highest BCUT2D eigenvalue weighted by Crippen LogP contribution is 2.20. The Balaban J connectivity index is 1.54. The highest BCUT2D eigenvalue weighted by molar-refractivity contribution is 5.69. The minimum Gasteiger partial charge on any atom is -0.466 e. The summed E-state index contributed by atoms with van der Waals surface area (Å²) in [7, 11) is 0. The van der Waals surface area contributed by atoms with Crippen molar-refractivity contribution in [1.29, 1.82) is 0 Å². The van der Waals surface area contributed by atoms with Crippen LogP contribution in [0, 0.1) is 0 Å². The van der Waals surface area contributed by atoms with Crippen molar-refractivity contribution in [3.63, 3.8) is 0 Å². The van der Waals surface area contributed by atoms with Gasteiger partial charge in [0.05, 0.1) is 13.0 Å². The fourth-order valence-electron chi connectivity index (χ4n) is 3.44. The lowest BCUT2D eigenvalue weighted by atomic mass is 10.0. The molecule has 0 saturated carbocycles. The predicted octanol–water partition coefficient (Wildman–Crippen LogP) is 2.03. The first-order valence-corrected chi connectivity index (χ1v) is 10.2. The third-order valence-corrected chi connectivity index (χ3v) is 4.94. The summed E-state index contributed by atoms with van der Waals surface area (Å²) >= 11 is 0. The first kappa shape index (κ1) is 19.8. The van der Waals surface area contributed by atoms with Crippen molar-refractivity contribution in [3.8, 4) is 5.95 Å². The van der Waals surface area contributed by atoms with Crippen LogP contribution in [0.15, 0.2) is 42.7 Å². The molecule has 3 heterocycles. The number of esters is 1. The maximum Gasteiger partial charge on any atom is 0.307 e. The van der Waals surface area contributed by atoms with Crippen LogP contribution in [0.25, 0.3) is 5.95 Å². The van der Waals surface area contributed by atoms with E-state index >= 15 is 0 Å². The summed E-state index contributed by atoms with van der Waals surface area (Å²) < 4.78 is 6.58. The van der Waals surface area contributed by atoms with Crippen molar-refractivity contribution in [1.82, 2.24) is 24.7 Å². The van der Waals surface area contributed by atoms with Crippen molar-refractivity contribution in [2.45, 2.75) is 26.2 Å². The topological polar surface area (TPSA) is 98.1 Å². The van der Waals surface area contributed by atoms with Gasteiger partial charge in [-0.1, -0.05) is 24.3 Å². The van der Waals surface area contributed by atoms with E-state index < -0.39 is 0 Å². The molecule has 30 heavy (non-hydrogen) atoms. The van der Waals surface area contributed by atoms with E-state index in [-0.39, 0.29) is 12.4 Å². The summed E-state index contributed by atoms with van der Waals surface area (Å²) in [5, 5.41) is 7.36. The van der Waals surface area contributed by atoms with Gasteiger partial charge in [0.1, 0.15) is 0 Å². The Morgan fingerprint density at radius 2 is 1.80 bits per heavy atom. The van der Waals surface area contributed by atoms with Gasteiger partial charge in [-0.25, -0.2) is 4.68 Å². The average molecular weight is 407 g/mol. The number of carbonyl (C=O) groups is 1. The van der Waals surface area contributed by atoms with Crippen LogP contribution in [0.1, 0.15) is 24.5 Å². The van der Waals surface area contributed by atoms with Gasteiger partial charge in [0.25, 0.3) is 5.95 Å². The van der Waals surface area contributed by atoms with Crippen molar-refractivity contribution in [2.24, 2.45) is 0 Å². The van der Waals surface area contributed by atoms with Gasteiger partial charge in [-0.15, -0.1) is 0 Å². The summed E-state index contributed by atoms with van der Waals surface area (Å²) in [6.45, 7) is 4.19. The quantitative estimate of drug-likeness (QED) is 0.594. The molecule has 0 radical (unpaired) electrons. The van der Waals surface area contributed by atoms with E-state index in [1.54, 1.807) is 24.0 Å². The number of nitrogens with zero attached hydrogens (tertiary/aromatic N) is 6. The minimum atomic E-state index is -0.253. The number of nitrogens with one attached hydrogen (secondary N) is 1. The second-order valence-electron chi connectivity index (χ2n) is 6.95. The Hall–Kier alpha value is -3.49. The van der Waals surface area contributed by atoms with Crippen molar-refractivity contribution in [2.75, 3.05) is 36.5 Å². The number of anilines is 2. The van der Waals surface area contributed by atoms with E-state index in [0.29, 0.717) is 31.0 Å². The Kier molecular flexibility index (Phi) is 6.17. The number of hydrogen-bond acceptors (Lipinski definition) is 8. The lowest BCUT2D eigenvalue weighted by Crippen LogP contribution is -2.29. The number of hydrogen-bond donors (Lipinski definition) is 1. The van der Waals surface area contributed by atoms with Crippen LogP contribution in [-0.4, -0.2) is 56.9 Å². The summed E-state index contributed by atoms with van der Waals surface area (Å²) in [6.07, 6.45) is 5.58. The third kappa shape index (κ3) is 4.73. The van der Waals surface area contributed by atoms with Crippen molar-refractivity contribution < 1.29 is 9.53 Å². The van der Waals surface area contributed by atoms with E-state index in [0.717, 1.165) is 25.9 Å². The Bertz CT molecular complexity index is 964. The van der Waals surface area contributed by atoms with Crippen LogP contribution in [0.5, 0.6) is 0 Å². The van der Waals surface area contributed by atoms with Crippen LogP contribution >= 0.6 is 0 Å². The Labute approximate surface area is 175 Å². The van der Waals surface area contributed by atoms with E-state index in [9.17, 15) is 4.79 Å². The highest BCUT2D eigenvalue weighted by atomic mass is 16.5. The van der Waals surface area contributed by atoms with E-state index in [2.05, 4.69) is 54.5 Å². The maximum atomic E-state index is 11.6. The normalized spacial score (nSPS) is 13.4. The summed E-state index contributed by atoms with van der Waals surface area (Å²) in [5.41, 5.74) is 2.74. The lowest BCUT2D eigenvalue weighted by Gasteiger charge is -2.21. The van der Waals surface area contributed by atoms with E-state index in [4.69, 9.17) is 4.74 Å². The second-order valence-corrected chi connectivity index (χ2v) is 6.95. The smallest absolute Gasteiger partial charge is 0.307 e. The van der Waals surface area contributed by atoms with Crippen LogP contribution < -0.4 is 10.2 Å². The first-order valence-electron chi connectivity index (χ1n) is 10.2. The Morgan fingerprint density at radius 3 is 2.47 bits per heavy atom. The molecule has 0 unspecified atom stereocenters. The molecular formula is C21H25N7O2. The maximum absolute atomic E-state index is 11.6. The van der Waals surface area contributed by atoms with Crippen molar-refractivity contribution in [3.05, 3.63) is 53.9 Å². The van der Waals surface area contributed by atoms with Crippen LogP contribution in [0.4, 0.5) is 11.9 Å². The molecule has 0 spiro atoms. The zero-order valence-electron chi connectivity index (χ0n) is 17.0. The molecule has 0 amide bonds. The van der Waals surface area contributed by atoms with Gasteiger partial charge in [-0.05, 0) is 37.0 Å². The minimum absolute atomic E-state index is 0.241. The Morgan fingerprint density at radius 1 is 1.07 bits per heavy atom. The molecule has 0 fully saturated rings. The van der Waals surface area contributed by atoms with E-state index in [1.807, 2.05) is 6.07 Å². The molecule has 0 aliphatic carbocycles. The van der Waals surface area contributed by atoms with Gasteiger partial charge in [-0.3, -0.25) is 4.79 Å². The number of aromatic nitrogens is 5. The fourth-order valence-corrected chi connectivity index (χ4v) is 3.44. The van der Waals surface area contributed by atoms with Gasteiger partial charge < -0.3 is 15.0 Å². The average Bonchev–Trinajstić information content (AvgIpc) is 3.21. The van der Waals surface area contributed by atoms with Gasteiger partial charge >= 0.3 is 5.97 Å². The molecular weight excluding hydrogens is 382 g/mol. The monoisotopic (exact) mass is 407 g/mol. The number of ether oxygens (including phenoxy) is 1. The second kappa shape index (κ2) is 9.34. The standard InChI is InChI=1S/C21H25N7O2/c1-2-30-18(29)8-12-22-19-24-20(26-21(25-19)28-13-5-11-23-28)27-14-9-16-6-3-4-7-17(16)10-15-27/h3-7,11,13H,2,8-10,12,14-15H2,1H3,(H,22,24,25,26). The molecule has 0 bridgehead atoms. The molecule has 1 aliphatic rings. The molecule has 2 aromatic heterocycles. The largest absolute Gasteiger partial charge is 0.466 e. The molecule has 156 valence electrons. The lowest BCUT2D eigenvalue weighted by molar-refractivity contribution is -0.142. The zero-order valence-corrected chi connectivity index (χ0v) is 17.0. The zero-order chi connectivity index (χ0) is 20.8. The molecule has 1 aliphatic heterocycles. The molecule has 0 atom stereocenters. The molecule has 1 N–H and O–H groups in total. The SMILES string of the molecule is CCOC(=O)CCNc1nc(N2CCc3ccccc3CC2)nc(-n2cccn2)n1.